The molecule has 0 aromatic carbocycles. The molecule has 0 unspecified atom stereocenters. The second kappa shape index (κ2) is 23.9. The van der Waals surface area contributed by atoms with Gasteiger partial charge >= 0.3 is 24.1 Å². The number of nitrogens with one attached hydrogen (secondary N) is 6. The summed E-state index contributed by atoms with van der Waals surface area (Å²) in [5.74, 6) is -0.357. The molecule has 0 bridgehead atoms. The predicted molar refractivity (Wildman–Crippen MR) is 138 cm³/mol. The summed E-state index contributed by atoms with van der Waals surface area (Å²) < 4.78 is 0. The van der Waals surface area contributed by atoms with Crippen LogP contribution in [0.15, 0.2) is 0 Å². The molecule has 13 heteroatoms. The molecule has 0 aliphatic heterocycles. The number of carbonyl (C=O) groups excluding carboxylic acids is 5. The summed E-state index contributed by atoms with van der Waals surface area (Å²) in [6, 6.07) is -0.169. The molecule has 1 aliphatic carbocycles. The molecule has 9 amide bonds. The van der Waals surface area contributed by atoms with Crippen molar-refractivity contribution in [2.24, 2.45) is 0 Å². The molecule has 6 N–H and O–H groups in total. The van der Waals surface area contributed by atoms with E-state index in [-0.39, 0.29) is 24.0 Å². The maximum absolute atomic E-state index is 10.8. The summed E-state index contributed by atoms with van der Waals surface area (Å²) in [5.41, 5.74) is 0. The van der Waals surface area contributed by atoms with Crippen molar-refractivity contribution in [3.63, 3.8) is 0 Å². The van der Waals surface area contributed by atoms with Crippen molar-refractivity contribution < 1.29 is 24.0 Å². The van der Waals surface area contributed by atoms with Crippen LogP contribution >= 0.6 is 0 Å². The zero-order valence-corrected chi connectivity index (χ0v) is 23.0. The number of imide groups is 1. The highest BCUT2D eigenvalue weighted by Crippen LogP contribution is 2.17. The van der Waals surface area contributed by atoms with Crippen LogP contribution in [0.3, 0.4) is 0 Å². The molecule has 0 atom stereocenters. The van der Waals surface area contributed by atoms with E-state index in [2.05, 4.69) is 33.5 Å². The molecule has 0 aromatic heterocycles. The minimum Gasteiger partial charge on any atom is -0.341 e. The largest absolute Gasteiger partial charge is 0.341 e. The molecule has 0 aromatic rings. The average molecular weight is 505 g/mol. The highest BCUT2D eigenvalue weighted by atomic mass is 16.2. The normalized spacial score (nSPS) is 11.3. The number of urea groups is 4. The van der Waals surface area contributed by atoms with Crippen molar-refractivity contribution in [1.82, 2.24) is 41.7 Å². The third-order valence-electron chi connectivity index (χ3n) is 4.27. The van der Waals surface area contributed by atoms with Crippen LogP contribution in [0, 0.1) is 0 Å². The van der Waals surface area contributed by atoms with Gasteiger partial charge in [-0.15, -0.1) is 0 Å². The molecule has 0 heterocycles. The number of nitrogens with zero attached hydrogens (tertiary/aromatic N) is 2. The molecule has 13 nitrogen and oxygen atoms in total. The van der Waals surface area contributed by atoms with Crippen LogP contribution in [0.5, 0.6) is 0 Å². The molecule has 1 saturated carbocycles. The predicted octanol–water partition coefficient (Wildman–Crippen LogP) is 1.27. The van der Waals surface area contributed by atoms with Crippen molar-refractivity contribution in [1.29, 1.82) is 0 Å². The van der Waals surface area contributed by atoms with E-state index >= 15 is 0 Å². The first-order valence-corrected chi connectivity index (χ1v) is 11.7. The smallest absolute Gasteiger partial charge is 0.321 e. The molecule has 35 heavy (non-hydrogen) atoms. The lowest BCUT2D eigenvalue weighted by atomic mass is 10.3. The minimum absolute atomic E-state index is 0.00606. The fourth-order valence-corrected chi connectivity index (χ4v) is 2.30. The van der Waals surface area contributed by atoms with E-state index in [0.29, 0.717) is 6.04 Å². The quantitative estimate of drug-likeness (QED) is 0.317. The Balaban J connectivity index is -0.000000395. The summed E-state index contributed by atoms with van der Waals surface area (Å²) in [6.07, 6.45) is 6.98. The Hall–Kier alpha value is -3.25. The van der Waals surface area contributed by atoms with E-state index in [0.717, 1.165) is 32.2 Å². The van der Waals surface area contributed by atoms with Gasteiger partial charge in [0.2, 0.25) is 5.91 Å². The molecule has 0 radical (unpaired) electrons. The third-order valence-corrected chi connectivity index (χ3v) is 4.27. The number of amides is 9. The minimum atomic E-state index is -0.475. The van der Waals surface area contributed by atoms with Gasteiger partial charge in [0, 0.05) is 68.8 Å². The topological polar surface area (TPSA) is 164 Å². The van der Waals surface area contributed by atoms with Gasteiger partial charge in [-0.25, -0.2) is 19.2 Å². The maximum Gasteiger partial charge on any atom is 0.321 e. The van der Waals surface area contributed by atoms with Crippen LogP contribution in [0.2, 0.25) is 0 Å². The van der Waals surface area contributed by atoms with Gasteiger partial charge in [0.25, 0.3) is 0 Å². The van der Waals surface area contributed by atoms with Gasteiger partial charge in [-0.2, -0.15) is 0 Å². The maximum atomic E-state index is 10.8. The van der Waals surface area contributed by atoms with Crippen LogP contribution in [0.1, 0.15) is 52.4 Å². The molecule has 1 fully saturated rings. The first-order valence-electron chi connectivity index (χ1n) is 11.7. The lowest BCUT2D eigenvalue weighted by Crippen LogP contribution is -2.38. The number of rotatable bonds is 4. The van der Waals surface area contributed by atoms with E-state index in [1.54, 1.807) is 42.3 Å². The Morgan fingerprint density at radius 2 is 1.26 bits per heavy atom. The fourth-order valence-electron chi connectivity index (χ4n) is 2.30. The molecule has 206 valence electrons. The van der Waals surface area contributed by atoms with Crippen LogP contribution in [0.4, 0.5) is 19.2 Å². The summed E-state index contributed by atoms with van der Waals surface area (Å²) >= 11 is 0. The van der Waals surface area contributed by atoms with E-state index in [1.165, 1.54) is 36.6 Å². The van der Waals surface area contributed by atoms with Crippen LogP contribution in [-0.2, 0) is 4.79 Å². The lowest BCUT2D eigenvalue weighted by Gasteiger charge is -2.10. The van der Waals surface area contributed by atoms with Gasteiger partial charge in [-0.1, -0.05) is 26.2 Å². The Morgan fingerprint density at radius 1 is 0.771 bits per heavy atom. The van der Waals surface area contributed by atoms with Crippen molar-refractivity contribution in [3.05, 3.63) is 0 Å². The first kappa shape index (κ1) is 36.3. The van der Waals surface area contributed by atoms with Crippen molar-refractivity contribution in [2.45, 2.75) is 58.4 Å². The van der Waals surface area contributed by atoms with Gasteiger partial charge < -0.3 is 36.4 Å². The van der Waals surface area contributed by atoms with Crippen molar-refractivity contribution in [3.8, 4) is 0 Å². The third kappa shape index (κ3) is 26.9. The Morgan fingerprint density at radius 3 is 1.54 bits per heavy atom. The SMILES string of the molecule is CCCCNC(=O)N(C)C.CNC(=O)N(C)C.CNC(=O)NC(C)=O.CNC(=O)NC1CCCC1. The first-order chi connectivity index (χ1) is 16.4. The molecular weight excluding hydrogens is 456 g/mol. The standard InChI is InChI=1S/C7H14N2O.C7H16N2O.C4H8N2O2.C4H10N2O/c1-8-7(10)9-6-4-2-3-5-6;1-4-5-6-8-7(10)9(2)3;1-3(7)6-4(8)5-2;1-5-4(7)6(2)3/h6H,2-5H2,1H3,(H2,8,9,10);4-6H2,1-3H3,(H,8,10);1-2H3,(H2,5,6,7,8);1-3H3,(H,5,7). The lowest BCUT2D eigenvalue weighted by molar-refractivity contribution is -0.117. The Labute approximate surface area is 210 Å². The molecule has 0 saturated heterocycles. The fraction of sp³-hybridized carbons (Fsp3) is 0.773. The molecular formula is C22H48N8O5. The zero-order chi connectivity index (χ0) is 27.8. The van der Waals surface area contributed by atoms with E-state index < -0.39 is 6.03 Å². The number of hydrogen-bond acceptors (Lipinski definition) is 5. The second-order valence-electron chi connectivity index (χ2n) is 7.89. The van der Waals surface area contributed by atoms with Crippen LogP contribution < -0.4 is 31.9 Å². The summed E-state index contributed by atoms with van der Waals surface area (Å²) in [4.78, 5) is 55.1. The Kier molecular flexibility index (Phi) is 24.8. The van der Waals surface area contributed by atoms with Gasteiger partial charge in [0.05, 0.1) is 0 Å². The van der Waals surface area contributed by atoms with Gasteiger partial charge in [0.15, 0.2) is 0 Å². The van der Waals surface area contributed by atoms with Crippen LogP contribution in [-0.4, -0.2) is 102 Å². The van der Waals surface area contributed by atoms with Crippen LogP contribution in [0.25, 0.3) is 0 Å². The molecule has 0 spiro atoms. The average Bonchev–Trinajstić information content (AvgIpc) is 3.32. The number of carbonyl (C=O) groups is 5. The highest BCUT2D eigenvalue weighted by Gasteiger charge is 2.15. The zero-order valence-electron chi connectivity index (χ0n) is 23.0. The van der Waals surface area contributed by atoms with Crippen molar-refractivity contribution >= 4 is 30.0 Å². The van der Waals surface area contributed by atoms with E-state index in [1.807, 2.05) is 5.32 Å². The van der Waals surface area contributed by atoms with Gasteiger partial charge in [0.1, 0.15) is 0 Å². The summed E-state index contributed by atoms with van der Waals surface area (Å²) in [5, 5.41) is 14.9. The van der Waals surface area contributed by atoms with Crippen molar-refractivity contribution in [2.75, 3.05) is 55.9 Å². The molecule has 1 rings (SSSR count). The monoisotopic (exact) mass is 504 g/mol. The number of unbranched alkanes of at least 4 members (excludes halogenated alkanes) is 1. The highest BCUT2D eigenvalue weighted by molar-refractivity contribution is 5.92. The van der Waals surface area contributed by atoms with E-state index in [4.69, 9.17) is 0 Å². The summed E-state index contributed by atoms with van der Waals surface area (Å²) in [6.45, 7) is 4.16. The number of hydrogen-bond donors (Lipinski definition) is 6. The second-order valence-corrected chi connectivity index (χ2v) is 7.89. The molecule has 1 aliphatic rings. The van der Waals surface area contributed by atoms with Gasteiger partial charge in [-0.05, 0) is 19.3 Å². The van der Waals surface area contributed by atoms with E-state index in [9.17, 15) is 24.0 Å². The summed E-state index contributed by atoms with van der Waals surface area (Å²) in [7, 11) is 11.5. The van der Waals surface area contributed by atoms with Gasteiger partial charge in [-0.3, -0.25) is 10.1 Å². The Bertz CT molecular complexity index is 609.